The molecule has 30 heavy (non-hydrogen) atoms. The van der Waals surface area contributed by atoms with E-state index in [0.717, 1.165) is 44.9 Å². The third kappa shape index (κ3) is 6.57. The van der Waals surface area contributed by atoms with Crippen molar-refractivity contribution in [3.63, 3.8) is 0 Å². The molecule has 1 saturated heterocycles. The molecule has 6 heteroatoms. The van der Waals surface area contributed by atoms with E-state index in [2.05, 4.69) is 10.6 Å². The number of amides is 3. The van der Waals surface area contributed by atoms with Gasteiger partial charge in [-0.25, -0.2) is 0 Å². The molecule has 2 N–H and O–H groups in total. The molecule has 0 radical (unpaired) electrons. The van der Waals surface area contributed by atoms with Gasteiger partial charge in [-0.3, -0.25) is 14.4 Å². The predicted octanol–water partition coefficient (Wildman–Crippen LogP) is 4.01. The molecule has 1 aromatic carbocycles. The zero-order chi connectivity index (χ0) is 21.2. The molecule has 1 unspecified atom stereocenters. The Bertz CT molecular complexity index is 717. The summed E-state index contributed by atoms with van der Waals surface area (Å²) >= 11 is 0. The van der Waals surface area contributed by atoms with Crippen molar-refractivity contribution in [3.05, 3.63) is 35.4 Å². The number of hydrogen-bond donors (Lipinski definition) is 2. The van der Waals surface area contributed by atoms with E-state index in [1.54, 1.807) is 24.3 Å². The topological polar surface area (TPSA) is 78.5 Å². The zero-order valence-corrected chi connectivity index (χ0v) is 18.0. The third-order valence-corrected chi connectivity index (χ3v) is 6.10. The van der Waals surface area contributed by atoms with Gasteiger partial charge in [0.25, 0.3) is 11.8 Å². The maximum Gasteiger partial charge on any atom is 0.255 e. The largest absolute Gasteiger partial charge is 0.352 e. The number of benzene rings is 1. The summed E-state index contributed by atoms with van der Waals surface area (Å²) in [7, 11) is 0. The molecule has 3 aliphatic rings. The van der Waals surface area contributed by atoms with Crippen LogP contribution in [0.3, 0.4) is 0 Å². The first-order valence-corrected chi connectivity index (χ1v) is 11.6. The molecule has 0 saturated carbocycles. The van der Waals surface area contributed by atoms with E-state index in [9.17, 15) is 14.4 Å². The van der Waals surface area contributed by atoms with Crippen LogP contribution in [0.5, 0.6) is 0 Å². The van der Waals surface area contributed by atoms with E-state index in [4.69, 9.17) is 0 Å². The standard InChI is InChI=1S/C24H35N3O3/c28-22-12-8-7-11-21(26-22)27-18-10-6-4-2-1-3-5-9-17-25-23(29)19-13-15-20(16-14-19)24(27)30/h13-16,21H,1-12,17-18H2,(H,25,29)(H,26,28). The van der Waals surface area contributed by atoms with Gasteiger partial charge in [-0.05, 0) is 56.4 Å². The molecule has 0 aromatic heterocycles. The molecular formula is C24H35N3O3. The quantitative estimate of drug-likeness (QED) is 0.730. The molecule has 164 valence electrons. The summed E-state index contributed by atoms with van der Waals surface area (Å²) in [5.41, 5.74) is 1.13. The van der Waals surface area contributed by atoms with Gasteiger partial charge < -0.3 is 15.5 Å². The molecule has 1 fully saturated rings. The van der Waals surface area contributed by atoms with Crippen molar-refractivity contribution in [1.82, 2.24) is 15.5 Å². The molecule has 0 spiro atoms. The lowest BCUT2D eigenvalue weighted by Gasteiger charge is -2.32. The van der Waals surface area contributed by atoms with Gasteiger partial charge in [0.1, 0.15) is 6.17 Å². The van der Waals surface area contributed by atoms with Crippen molar-refractivity contribution in [1.29, 1.82) is 0 Å². The monoisotopic (exact) mass is 413 g/mol. The minimum Gasteiger partial charge on any atom is -0.352 e. The van der Waals surface area contributed by atoms with Crippen LogP contribution >= 0.6 is 0 Å². The van der Waals surface area contributed by atoms with Crippen LogP contribution in [0.1, 0.15) is 97.8 Å². The minimum absolute atomic E-state index is 0.0248. The Morgan fingerprint density at radius 2 is 1.37 bits per heavy atom. The molecule has 0 aliphatic carbocycles. The Morgan fingerprint density at radius 3 is 2.10 bits per heavy atom. The highest BCUT2D eigenvalue weighted by Gasteiger charge is 2.27. The first kappa shape index (κ1) is 22.3. The molecular weight excluding hydrogens is 378 g/mol. The molecule has 2 bridgehead atoms. The van der Waals surface area contributed by atoms with Crippen molar-refractivity contribution in [2.75, 3.05) is 13.1 Å². The van der Waals surface area contributed by atoms with Gasteiger partial charge in [0.2, 0.25) is 5.91 Å². The van der Waals surface area contributed by atoms with Crippen LogP contribution in [0.2, 0.25) is 0 Å². The smallest absolute Gasteiger partial charge is 0.255 e. The van der Waals surface area contributed by atoms with Crippen molar-refractivity contribution >= 4 is 17.7 Å². The average Bonchev–Trinajstić information content (AvgIpc) is 2.97. The first-order chi connectivity index (χ1) is 14.6. The third-order valence-electron chi connectivity index (χ3n) is 6.10. The Morgan fingerprint density at radius 1 is 0.733 bits per heavy atom. The highest BCUT2D eigenvalue weighted by molar-refractivity contribution is 5.98. The number of rotatable bonds is 1. The fraction of sp³-hybridized carbons (Fsp3) is 0.625. The molecule has 1 atom stereocenters. The van der Waals surface area contributed by atoms with E-state index in [-0.39, 0.29) is 23.9 Å². The van der Waals surface area contributed by atoms with E-state index in [0.29, 0.717) is 30.6 Å². The maximum absolute atomic E-state index is 13.3. The lowest BCUT2D eigenvalue weighted by molar-refractivity contribution is -0.122. The number of carbonyl (C=O) groups excluding carboxylic acids is 3. The zero-order valence-electron chi connectivity index (χ0n) is 18.0. The van der Waals surface area contributed by atoms with Gasteiger partial charge in [-0.2, -0.15) is 0 Å². The van der Waals surface area contributed by atoms with Gasteiger partial charge in [0, 0.05) is 30.6 Å². The fourth-order valence-corrected chi connectivity index (χ4v) is 4.29. The molecule has 1 aromatic rings. The van der Waals surface area contributed by atoms with E-state index in [1.165, 1.54) is 25.7 Å². The van der Waals surface area contributed by atoms with Crippen LogP contribution in [-0.2, 0) is 4.79 Å². The summed E-state index contributed by atoms with van der Waals surface area (Å²) in [6.07, 6.45) is 11.9. The van der Waals surface area contributed by atoms with Crippen molar-refractivity contribution in [3.8, 4) is 0 Å². The van der Waals surface area contributed by atoms with Gasteiger partial charge in [-0.1, -0.05) is 38.5 Å². The summed E-state index contributed by atoms with van der Waals surface area (Å²) in [5, 5.41) is 6.01. The first-order valence-electron chi connectivity index (χ1n) is 11.6. The molecule has 3 heterocycles. The molecule has 3 aliphatic heterocycles. The lowest BCUT2D eigenvalue weighted by atomic mass is 10.1. The number of nitrogens with zero attached hydrogens (tertiary/aromatic N) is 1. The van der Waals surface area contributed by atoms with Crippen molar-refractivity contribution in [2.45, 2.75) is 83.2 Å². The lowest BCUT2D eigenvalue weighted by Crippen LogP contribution is -2.50. The Labute approximate surface area is 179 Å². The molecule has 4 rings (SSSR count). The van der Waals surface area contributed by atoms with Crippen LogP contribution in [0.25, 0.3) is 0 Å². The van der Waals surface area contributed by atoms with E-state index >= 15 is 0 Å². The SMILES string of the molecule is O=C1CCCCC(N2CCCCCCCCCCNC(=O)c3ccc(cc3)C2=O)N1. The second-order valence-electron chi connectivity index (χ2n) is 8.49. The van der Waals surface area contributed by atoms with Gasteiger partial charge in [0.05, 0.1) is 0 Å². The van der Waals surface area contributed by atoms with Gasteiger partial charge >= 0.3 is 0 Å². The highest BCUT2D eigenvalue weighted by Crippen LogP contribution is 2.18. The number of fused-ring (bicyclic) bond motifs is 15. The number of carbonyl (C=O) groups is 3. The van der Waals surface area contributed by atoms with Crippen LogP contribution in [0.4, 0.5) is 0 Å². The predicted molar refractivity (Wildman–Crippen MR) is 117 cm³/mol. The van der Waals surface area contributed by atoms with Crippen LogP contribution in [0.15, 0.2) is 24.3 Å². The van der Waals surface area contributed by atoms with Crippen LogP contribution in [0, 0.1) is 0 Å². The second-order valence-corrected chi connectivity index (χ2v) is 8.49. The summed E-state index contributed by atoms with van der Waals surface area (Å²) < 4.78 is 0. The minimum atomic E-state index is -0.249. The number of hydrogen-bond acceptors (Lipinski definition) is 3. The molecule has 6 nitrogen and oxygen atoms in total. The summed E-state index contributed by atoms with van der Waals surface area (Å²) in [6.45, 7) is 1.33. The van der Waals surface area contributed by atoms with Crippen LogP contribution in [-0.4, -0.2) is 41.9 Å². The Kier molecular flexibility index (Phi) is 8.72. The van der Waals surface area contributed by atoms with Crippen LogP contribution < -0.4 is 10.6 Å². The summed E-state index contributed by atoms with van der Waals surface area (Å²) in [4.78, 5) is 39.6. The Balaban J connectivity index is 1.77. The van der Waals surface area contributed by atoms with Crippen molar-refractivity contribution in [2.24, 2.45) is 0 Å². The average molecular weight is 414 g/mol. The van der Waals surface area contributed by atoms with E-state index < -0.39 is 0 Å². The fourth-order valence-electron chi connectivity index (χ4n) is 4.29. The number of nitrogens with one attached hydrogen (secondary N) is 2. The van der Waals surface area contributed by atoms with Gasteiger partial charge in [-0.15, -0.1) is 0 Å². The van der Waals surface area contributed by atoms with E-state index in [1.807, 2.05) is 4.90 Å². The normalized spacial score (nSPS) is 23.1. The molecule has 3 amide bonds. The summed E-state index contributed by atoms with van der Waals surface area (Å²) in [5.74, 6) is -0.143. The van der Waals surface area contributed by atoms with Crippen molar-refractivity contribution < 1.29 is 14.4 Å². The summed E-state index contributed by atoms with van der Waals surface area (Å²) in [6, 6.07) is 6.89. The highest BCUT2D eigenvalue weighted by atomic mass is 16.2. The maximum atomic E-state index is 13.3. The second kappa shape index (κ2) is 11.7. The van der Waals surface area contributed by atoms with Gasteiger partial charge in [0.15, 0.2) is 0 Å². The Hall–Kier alpha value is -2.37.